The Kier molecular flexibility index (Phi) is 10.8. The zero-order chi connectivity index (χ0) is 12.5. The van der Waals surface area contributed by atoms with Gasteiger partial charge in [0.1, 0.15) is 0 Å². The number of piperidine rings is 1. The lowest BCUT2D eigenvalue weighted by Gasteiger charge is -2.33. The van der Waals surface area contributed by atoms with Gasteiger partial charge in [0.2, 0.25) is 0 Å². The Labute approximate surface area is 129 Å². The van der Waals surface area contributed by atoms with E-state index in [0.717, 1.165) is 51.3 Å². The van der Waals surface area contributed by atoms with E-state index < -0.39 is 0 Å². The van der Waals surface area contributed by atoms with Crippen molar-refractivity contribution in [1.29, 1.82) is 0 Å². The average molecular weight is 369 g/mol. The van der Waals surface area contributed by atoms with Crippen molar-refractivity contribution in [3.8, 4) is 0 Å². The fourth-order valence-corrected chi connectivity index (χ4v) is 2.01. The Bertz CT molecular complexity index is 228. The van der Waals surface area contributed by atoms with Crippen molar-refractivity contribution in [2.24, 2.45) is 10.9 Å². The van der Waals surface area contributed by atoms with Gasteiger partial charge in [-0.1, -0.05) is 6.92 Å². The minimum Gasteiger partial charge on any atom is -0.380 e. The zero-order valence-electron chi connectivity index (χ0n) is 11.9. The standard InChI is InChI=1S/C13H27N3O.HI/c1-4-14-13(15-8-11-17-5-2)16-9-6-12(3)7-10-16;/h12H,4-11H2,1-3H3,(H,14,15);1H. The highest BCUT2D eigenvalue weighted by Crippen LogP contribution is 2.15. The summed E-state index contributed by atoms with van der Waals surface area (Å²) in [5.74, 6) is 1.91. The minimum atomic E-state index is 0. The van der Waals surface area contributed by atoms with Crippen molar-refractivity contribution in [2.45, 2.75) is 33.6 Å². The molecule has 18 heavy (non-hydrogen) atoms. The van der Waals surface area contributed by atoms with Crippen LogP contribution in [-0.4, -0.2) is 50.3 Å². The smallest absolute Gasteiger partial charge is 0.193 e. The van der Waals surface area contributed by atoms with Gasteiger partial charge in [0.05, 0.1) is 13.2 Å². The number of hydrogen-bond acceptors (Lipinski definition) is 2. The van der Waals surface area contributed by atoms with Crippen molar-refractivity contribution in [1.82, 2.24) is 10.2 Å². The van der Waals surface area contributed by atoms with Gasteiger partial charge in [-0.05, 0) is 32.6 Å². The molecule has 1 rings (SSSR count). The summed E-state index contributed by atoms with van der Waals surface area (Å²) >= 11 is 0. The first-order valence-corrected chi connectivity index (χ1v) is 6.88. The van der Waals surface area contributed by atoms with Crippen LogP contribution in [0.25, 0.3) is 0 Å². The number of rotatable bonds is 5. The maximum Gasteiger partial charge on any atom is 0.193 e. The second-order valence-electron chi connectivity index (χ2n) is 4.60. The van der Waals surface area contributed by atoms with Crippen molar-refractivity contribution >= 4 is 29.9 Å². The first-order valence-electron chi connectivity index (χ1n) is 6.88. The maximum absolute atomic E-state index is 5.31. The molecule has 0 aromatic carbocycles. The Morgan fingerprint density at radius 2 is 2.00 bits per heavy atom. The van der Waals surface area contributed by atoms with E-state index in [1.165, 1.54) is 12.8 Å². The highest BCUT2D eigenvalue weighted by molar-refractivity contribution is 14.0. The number of aliphatic imine (C=N–C) groups is 1. The molecular weight excluding hydrogens is 341 g/mol. The average Bonchev–Trinajstić information content (AvgIpc) is 2.34. The summed E-state index contributed by atoms with van der Waals surface area (Å²) in [4.78, 5) is 6.98. The molecular formula is C13H28IN3O. The molecule has 0 aliphatic carbocycles. The van der Waals surface area contributed by atoms with Gasteiger partial charge in [0.15, 0.2) is 5.96 Å². The van der Waals surface area contributed by atoms with Gasteiger partial charge in [-0.3, -0.25) is 4.99 Å². The molecule has 1 aliphatic rings. The second kappa shape index (κ2) is 10.8. The lowest BCUT2D eigenvalue weighted by molar-refractivity contribution is 0.155. The predicted octanol–water partition coefficient (Wildman–Crippen LogP) is 2.34. The molecule has 108 valence electrons. The van der Waals surface area contributed by atoms with Gasteiger partial charge in [0.25, 0.3) is 0 Å². The van der Waals surface area contributed by atoms with Gasteiger partial charge >= 0.3 is 0 Å². The van der Waals surface area contributed by atoms with Crippen LogP contribution in [0.3, 0.4) is 0 Å². The number of guanidine groups is 1. The number of nitrogens with one attached hydrogen (secondary N) is 1. The Hall–Kier alpha value is -0.0400. The molecule has 0 saturated carbocycles. The number of ether oxygens (including phenoxy) is 1. The van der Waals surface area contributed by atoms with Crippen LogP contribution in [-0.2, 0) is 4.74 Å². The molecule has 1 aliphatic heterocycles. The number of hydrogen-bond donors (Lipinski definition) is 1. The molecule has 0 aromatic rings. The summed E-state index contributed by atoms with van der Waals surface area (Å²) in [6, 6.07) is 0. The van der Waals surface area contributed by atoms with Gasteiger partial charge in [0, 0.05) is 26.2 Å². The van der Waals surface area contributed by atoms with E-state index in [0.29, 0.717) is 0 Å². The monoisotopic (exact) mass is 369 g/mol. The van der Waals surface area contributed by atoms with E-state index in [2.05, 4.69) is 29.1 Å². The van der Waals surface area contributed by atoms with E-state index in [4.69, 9.17) is 4.74 Å². The molecule has 0 atom stereocenters. The van der Waals surface area contributed by atoms with Gasteiger partial charge in [-0.2, -0.15) is 0 Å². The molecule has 1 fully saturated rings. The summed E-state index contributed by atoms with van der Waals surface area (Å²) in [6.07, 6.45) is 2.55. The molecule has 1 heterocycles. The number of halogens is 1. The Morgan fingerprint density at radius 3 is 2.56 bits per heavy atom. The van der Waals surface area contributed by atoms with Gasteiger partial charge in [-0.15, -0.1) is 24.0 Å². The fraction of sp³-hybridized carbons (Fsp3) is 0.923. The fourth-order valence-electron chi connectivity index (χ4n) is 2.01. The molecule has 0 unspecified atom stereocenters. The predicted molar refractivity (Wildman–Crippen MR) is 87.9 cm³/mol. The second-order valence-corrected chi connectivity index (χ2v) is 4.60. The van der Waals surface area contributed by atoms with E-state index in [9.17, 15) is 0 Å². The van der Waals surface area contributed by atoms with Gasteiger partial charge < -0.3 is 15.0 Å². The molecule has 0 spiro atoms. The van der Waals surface area contributed by atoms with Crippen LogP contribution < -0.4 is 5.32 Å². The number of nitrogens with zero attached hydrogens (tertiary/aromatic N) is 2. The molecule has 5 heteroatoms. The van der Waals surface area contributed by atoms with E-state index in [1.54, 1.807) is 0 Å². The van der Waals surface area contributed by atoms with Crippen LogP contribution in [0.15, 0.2) is 4.99 Å². The van der Waals surface area contributed by atoms with Crippen LogP contribution in [0.4, 0.5) is 0 Å². The quantitative estimate of drug-likeness (QED) is 0.350. The van der Waals surface area contributed by atoms with Crippen molar-refractivity contribution < 1.29 is 4.74 Å². The Morgan fingerprint density at radius 1 is 1.33 bits per heavy atom. The first-order chi connectivity index (χ1) is 8.27. The third-order valence-corrected chi connectivity index (χ3v) is 3.12. The molecule has 0 amide bonds. The first kappa shape index (κ1) is 18.0. The maximum atomic E-state index is 5.31. The lowest BCUT2D eigenvalue weighted by atomic mass is 10.00. The van der Waals surface area contributed by atoms with Crippen molar-refractivity contribution in [3.05, 3.63) is 0 Å². The summed E-state index contributed by atoms with van der Waals surface area (Å²) in [6.45, 7) is 11.9. The molecule has 0 aromatic heterocycles. The summed E-state index contributed by atoms with van der Waals surface area (Å²) in [5, 5.41) is 3.36. The van der Waals surface area contributed by atoms with Crippen LogP contribution in [0.2, 0.25) is 0 Å². The molecule has 0 radical (unpaired) electrons. The van der Waals surface area contributed by atoms with Crippen LogP contribution >= 0.6 is 24.0 Å². The third-order valence-electron chi connectivity index (χ3n) is 3.12. The summed E-state index contributed by atoms with van der Waals surface area (Å²) < 4.78 is 5.31. The highest BCUT2D eigenvalue weighted by atomic mass is 127. The van der Waals surface area contributed by atoms with Crippen molar-refractivity contribution in [2.75, 3.05) is 39.4 Å². The van der Waals surface area contributed by atoms with Gasteiger partial charge in [-0.25, -0.2) is 0 Å². The van der Waals surface area contributed by atoms with Crippen molar-refractivity contribution in [3.63, 3.8) is 0 Å². The zero-order valence-corrected chi connectivity index (χ0v) is 14.3. The van der Waals surface area contributed by atoms with Crippen LogP contribution in [0.1, 0.15) is 33.6 Å². The topological polar surface area (TPSA) is 36.9 Å². The van der Waals surface area contributed by atoms with E-state index in [1.807, 2.05) is 6.92 Å². The Balaban J connectivity index is 0.00000289. The van der Waals surface area contributed by atoms with Crippen LogP contribution in [0, 0.1) is 5.92 Å². The molecule has 1 saturated heterocycles. The van der Waals surface area contributed by atoms with E-state index >= 15 is 0 Å². The molecule has 0 bridgehead atoms. The largest absolute Gasteiger partial charge is 0.380 e. The molecule has 4 nitrogen and oxygen atoms in total. The summed E-state index contributed by atoms with van der Waals surface area (Å²) in [7, 11) is 0. The molecule has 1 N–H and O–H groups in total. The normalized spacial score (nSPS) is 17.5. The SMILES string of the molecule is CCNC(=NCCOCC)N1CCC(C)CC1.I. The van der Waals surface area contributed by atoms with E-state index in [-0.39, 0.29) is 24.0 Å². The van der Waals surface area contributed by atoms with Crippen LogP contribution in [0.5, 0.6) is 0 Å². The highest BCUT2D eigenvalue weighted by Gasteiger charge is 2.18. The minimum absolute atomic E-state index is 0. The number of likely N-dealkylation sites (tertiary alicyclic amines) is 1. The third kappa shape index (κ3) is 6.78. The summed E-state index contributed by atoms with van der Waals surface area (Å²) in [5.41, 5.74) is 0. The lowest BCUT2D eigenvalue weighted by Crippen LogP contribution is -2.45.